The van der Waals surface area contributed by atoms with Crippen molar-refractivity contribution < 1.29 is 19.1 Å². The van der Waals surface area contributed by atoms with E-state index in [9.17, 15) is 9.59 Å². The first-order valence-corrected chi connectivity index (χ1v) is 12.7. The zero-order valence-corrected chi connectivity index (χ0v) is 22.5. The van der Waals surface area contributed by atoms with Gasteiger partial charge in [-0.05, 0) is 110 Å². The van der Waals surface area contributed by atoms with Gasteiger partial charge >= 0.3 is 0 Å². The Kier molecular flexibility index (Phi) is 7.68. The number of nitrogens with zero attached hydrogens (tertiary/aromatic N) is 1. The van der Waals surface area contributed by atoms with Crippen molar-refractivity contribution in [3.05, 3.63) is 89.8 Å². The summed E-state index contributed by atoms with van der Waals surface area (Å²) in [4.78, 5) is 26.9. The highest BCUT2D eigenvalue weighted by molar-refractivity contribution is 14.1. The van der Waals surface area contributed by atoms with E-state index >= 15 is 0 Å². The van der Waals surface area contributed by atoms with Crippen LogP contribution in [0.5, 0.6) is 11.5 Å². The highest BCUT2D eigenvalue weighted by Gasteiger charge is 2.36. The molecule has 0 atom stereocenters. The van der Waals surface area contributed by atoms with Crippen molar-refractivity contribution in [3.8, 4) is 11.5 Å². The number of imide groups is 1. The number of methoxy groups -OCH3 is 1. The minimum absolute atomic E-state index is 0.307. The Bertz CT molecular complexity index is 1270. The maximum atomic E-state index is 12.9. The molecule has 3 aromatic carbocycles. The number of ether oxygens (including phenoxy) is 2. The Hall–Kier alpha value is -2.01. The molecule has 0 bridgehead atoms. The van der Waals surface area contributed by atoms with E-state index in [1.165, 1.54) is 0 Å². The van der Waals surface area contributed by atoms with E-state index < -0.39 is 5.91 Å². The van der Waals surface area contributed by atoms with Gasteiger partial charge in [-0.15, -0.1) is 0 Å². The van der Waals surface area contributed by atoms with Gasteiger partial charge in [0.25, 0.3) is 11.1 Å². The summed E-state index contributed by atoms with van der Waals surface area (Å²) >= 11 is 12.7. The van der Waals surface area contributed by atoms with Crippen LogP contribution in [0.4, 0.5) is 10.5 Å². The van der Waals surface area contributed by atoms with Crippen LogP contribution in [0.1, 0.15) is 11.1 Å². The molecule has 1 saturated heterocycles. The van der Waals surface area contributed by atoms with Crippen molar-refractivity contribution in [1.29, 1.82) is 0 Å². The van der Waals surface area contributed by atoms with Crippen LogP contribution in [-0.2, 0) is 11.4 Å². The van der Waals surface area contributed by atoms with Crippen molar-refractivity contribution in [3.63, 3.8) is 0 Å². The summed E-state index contributed by atoms with van der Waals surface area (Å²) in [5, 5.41) is 0.0713. The van der Waals surface area contributed by atoms with Gasteiger partial charge in [-0.2, -0.15) is 0 Å². The molecule has 1 heterocycles. The average Bonchev–Trinajstić information content (AvgIpc) is 3.06. The van der Waals surface area contributed by atoms with Crippen LogP contribution >= 0.6 is 61.9 Å². The second-order valence-electron chi connectivity index (χ2n) is 6.95. The fraction of sp³-hybridized carbons (Fsp3) is 0.0833. The molecule has 5 nitrogen and oxygen atoms in total. The molecule has 9 heteroatoms. The number of hydrogen-bond donors (Lipinski definition) is 0. The molecule has 0 aromatic heterocycles. The van der Waals surface area contributed by atoms with Crippen molar-refractivity contribution in [2.24, 2.45) is 0 Å². The van der Waals surface area contributed by atoms with Gasteiger partial charge in [0.05, 0.1) is 22.2 Å². The van der Waals surface area contributed by atoms with Gasteiger partial charge in [0.15, 0.2) is 11.5 Å². The molecule has 0 saturated carbocycles. The van der Waals surface area contributed by atoms with Crippen LogP contribution in [0.15, 0.2) is 70.0 Å². The third kappa shape index (κ3) is 5.56. The van der Waals surface area contributed by atoms with Gasteiger partial charge in [0, 0.05) is 8.59 Å². The normalized spacial score (nSPS) is 14.8. The number of rotatable bonds is 6. The number of benzene rings is 3. The molecule has 4 rings (SSSR count). The third-order valence-electron chi connectivity index (χ3n) is 4.71. The summed E-state index contributed by atoms with van der Waals surface area (Å²) in [6.07, 6.45) is 1.66. The van der Waals surface area contributed by atoms with Gasteiger partial charge in [0.2, 0.25) is 0 Å². The standard InChI is InChI=1S/C24H16BrClINO4S/c1-31-20-10-15(9-19(25)22(20)32-13-14-5-7-17(27)8-6-14)11-21-23(29)28(24(30)33-21)18-4-2-3-16(26)12-18/h2-12H,13H2,1H3/b21-11+. The van der Waals surface area contributed by atoms with Crippen LogP contribution in [0.3, 0.4) is 0 Å². The lowest BCUT2D eigenvalue weighted by atomic mass is 10.1. The summed E-state index contributed by atoms with van der Waals surface area (Å²) in [7, 11) is 1.55. The molecule has 0 N–H and O–H groups in total. The van der Waals surface area contributed by atoms with E-state index in [0.717, 1.165) is 25.8 Å². The molecule has 3 aromatic rings. The minimum atomic E-state index is -0.401. The summed E-state index contributed by atoms with van der Waals surface area (Å²) < 4.78 is 13.3. The van der Waals surface area contributed by atoms with Crippen LogP contribution < -0.4 is 14.4 Å². The van der Waals surface area contributed by atoms with Crippen LogP contribution in [0, 0.1) is 3.57 Å². The van der Waals surface area contributed by atoms with Gasteiger partial charge in [-0.25, -0.2) is 4.90 Å². The van der Waals surface area contributed by atoms with E-state index in [1.54, 1.807) is 43.5 Å². The van der Waals surface area contributed by atoms with Crippen molar-refractivity contribution >= 4 is 84.8 Å². The largest absolute Gasteiger partial charge is 0.493 e. The van der Waals surface area contributed by atoms with E-state index in [0.29, 0.717) is 43.8 Å². The Labute approximate surface area is 222 Å². The first kappa shape index (κ1) is 24.1. The molecule has 0 aliphatic carbocycles. The Morgan fingerprint density at radius 1 is 1.12 bits per heavy atom. The second-order valence-corrected chi connectivity index (χ2v) is 10.5. The highest BCUT2D eigenvalue weighted by atomic mass is 127. The molecular formula is C24H16BrClINO4S. The van der Waals surface area contributed by atoms with E-state index in [1.807, 2.05) is 30.3 Å². The van der Waals surface area contributed by atoms with Gasteiger partial charge < -0.3 is 9.47 Å². The fourth-order valence-electron chi connectivity index (χ4n) is 3.16. The molecular weight excluding hydrogens is 641 g/mol. The number of carbonyl (C=O) groups is 2. The second kappa shape index (κ2) is 10.5. The smallest absolute Gasteiger partial charge is 0.298 e. The van der Waals surface area contributed by atoms with Gasteiger partial charge in [0.1, 0.15) is 6.61 Å². The zero-order valence-electron chi connectivity index (χ0n) is 17.2. The molecule has 0 radical (unpaired) electrons. The number of hydrogen-bond acceptors (Lipinski definition) is 5. The average molecular weight is 657 g/mol. The van der Waals surface area contributed by atoms with E-state index in [2.05, 4.69) is 38.5 Å². The van der Waals surface area contributed by atoms with E-state index in [4.69, 9.17) is 21.1 Å². The van der Waals surface area contributed by atoms with Crippen LogP contribution in [0.2, 0.25) is 5.02 Å². The first-order chi connectivity index (χ1) is 15.9. The molecule has 33 heavy (non-hydrogen) atoms. The zero-order chi connectivity index (χ0) is 23.5. The van der Waals surface area contributed by atoms with Gasteiger partial charge in [-0.3, -0.25) is 9.59 Å². The number of thioether (sulfide) groups is 1. The molecule has 168 valence electrons. The van der Waals surface area contributed by atoms with E-state index in [-0.39, 0.29) is 5.24 Å². The number of anilines is 1. The quantitative estimate of drug-likeness (QED) is 0.203. The number of carbonyl (C=O) groups excluding carboxylic acids is 2. The summed E-state index contributed by atoms with van der Waals surface area (Å²) in [5.41, 5.74) is 2.16. The third-order valence-corrected chi connectivity index (χ3v) is 7.12. The predicted molar refractivity (Wildman–Crippen MR) is 144 cm³/mol. The van der Waals surface area contributed by atoms with Crippen LogP contribution in [0.25, 0.3) is 6.08 Å². The molecule has 2 amide bonds. The van der Waals surface area contributed by atoms with Gasteiger partial charge in [-0.1, -0.05) is 29.8 Å². The molecule has 1 aliphatic heterocycles. The summed E-state index contributed by atoms with van der Waals surface area (Å²) in [5.74, 6) is 0.664. The Morgan fingerprint density at radius 3 is 2.58 bits per heavy atom. The summed E-state index contributed by atoms with van der Waals surface area (Å²) in [6, 6.07) is 18.3. The lowest BCUT2D eigenvalue weighted by Crippen LogP contribution is -2.27. The Balaban J connectivity index is 1.58. The van der Waals surface area contributed by atoms with Crippen molar-refractivity contribution in [2.45, 2.75) is 6.61 Å². The highest BCUT2D eigenvalue weighted by Crippen LogP contribution is 2.40. The lowest BCUT2D eigenvalue weighted by Gasteiger charge is -2.14. The lowest BCUT2D eigenvalue weighted by molar-refractivity contribution is -0.113. The van der Waals surface area contributed by atoms with Crippen molar-refractivity contribution in [1.82, 2.24) is 0 Å². The maximum absolute atomic E-state index is 12.9. The monoisotopic (exact) mass is 655 g/mol. The first-order valence-electron chi connectivity index (χ1n) is 9.64. The molecule has 0 spiro atoms. The minimum Gasteiger partial charge on any atom is -0.493 e. The SMILES string of the molecule is COc1cc(/C=C2/SC(=O)N(c3cccc(Cl)c3)C2=O)cc(Br)c1OCc1ccc(I)cc1. The van der Waals surface area contributed by atoms with Crippen LogP contribution in [-0.4, -0.2) is 18.3 Å². The molecule has 0 unspecified atom stereocenters. The molecule has 1 fully saturated rings. The molecule has 1 aliphatic rings. The summed E-state index contributed by atoms with van der Waals surface area (Å²) in [6.45, 7) is 0.379. The maximum Gasteiger partial charge on any atom is 0.298 e. The van der Waals surface area contributed by atoms with Crippen molar-refractivity contribution in [2.75, 3.05) is 12.0 Å². The number of amides is 2. The fourth-order valence-corrected chi connectivity index (χ4v) is 5.12. The Morgan fingerprint density at radius 2 is 1.88 bits per heavy atom. The topological polar surface area (TPSA) is 55.8 Å². The predicted octanol–water partition coefficient (Wildman–Crippen LogP) is 7.54. The number of halogens is 3.